The second kappa shape index (κ2) is 8.96. The van der Waals surface area contributed by atoms with Crippen LogP contribution in [0.2, 0.25) is 0 Å². The van der Waals surface area contributed by atoms with Crippen molar-refractivity contribution in [1.82, 2.24) is 5.48 Å². The van der Waals surface area contributed by atoms with Crippen LogP contribution in [0.3, 0.4) is 0 Å². The summed E-state index contributed by atoms with van der Waals surface area (Å²) in [6, 6.07) is 21.9. The lowest BCUT2D eigenvalue weighted by Crippen LogP contribution is -2.27. The molecule has 4 aromatic rings. The fraction of sp³-hybridized carbons (Fsp3) is 0.0435. The molecule has 1 heterocycles. The van der Waals surface area contributed by atoms with Crippen molar-refractivity contribution in [3.05, 3.63) is 105 Å². The van der Waals surface area contributed by atoms with Crippen LogP contribution in [0.4, 0.5) is 11.4 Å². The molecule has 160 valence electrons. The number of nitrogens with one attached hydrogen (secondary N) is 2. The van der Waals surface area contributed by atoms with Gasteiger partial charge in [-0.05, 0) is 35.4 Å². The van der Waals surface area contributed by atoms with Crippen molar-refractivity contribution in [2.75, 3.05) is 5.32 Å². The summed E-state index contributed by atoms with van der Waals surface area (Å²) in [5.74, 6) is -1.61. The smallest absolute Gasteiger partial charge is 0.270 e. The Labute approximate surface area is 186 Å². The van der Waals surface area contributed by atoms with Gasteiger partial charge in [-0.2, -0.15) is 0 Å². The van der Waals surface area contributed by atoms with E-state index >= 15 is 0 Å². The third kappa shape index (κ3) is 4.34. The lowest BCUT2D eigenvalue weighted by atomic mass is 9.90. The van der Waals surface area contributed by atoms with Crippen LogP contribution in [0, 0.1) is 10.1 Å². The van der Waals surface area contributed by atoms with Gasteiger partial charge in [0.05, 0.1) is 15.7 Å². The van der Waals surface area contributed by atoms with Crippen molar-refractivity contribution in [2.45, 2.75) is 5.92 Å². The van der Waals surface area contributed by atoms with E-state index in [1.54, 1.807) is 66.1 Å². The van der Waals surface area contributed by atoms with Crippen molar-refractivity contribution in [3.63, 3.8) is 0 Å². The molecule has 2 amide bonds. The van der Waals surface area contributed by atoms with E-state index in [4.69, 9.17) is 5.21 Å². The van der Waals surface area contributed by atoms with Crippen LogP contribution in [0.25, 0.3) is 10.1 Å². The maximum absolute atomic E-state index is 12.7. The number of nitrogens with zero attached hydrogens (tertiary/aromatic N) is 1. The normalized spacial score (nSPS) is 11.7. The number of hydroxylamine groups is 1. The number of hydrogen-bond donors (Lipinski definition) is 3. The first-order valence-corrected chi connectivity index (χ1v) is 10.4. The molecule has 0 spiro atoms. The fourth-order valence-corrected chi connectivity index (χ4v) is 4.35. The van der Waals surface area contributed by atoms with Gasteiger partial charge in [0.25, 0.3) is 17.5 Å². The van der Waals surface area contributed by atoms with E-state index in [0.29, 0.717) is 21.5 Å². The zero-order chi connectivity index (χ0) is 22.7. The molecule has 0 aliphatic rings. The molecular formula is C23H17N3O5S. The molecule has 0 aliphatic heterocycles. The van der Waals surface area contributed by atoms with Crippen LogP contribution >= 0.6 is 11.3 Å². The number of anilines is 1. The highest BCUT2D eigenvalue weighted by molar-refractivity contribution is 7.20. The maximum atomic E-state index is 12.7. The minimum Gasteiger partial charge on any atom is -0.321 e. The summed E-state index contributed by atoms with van der Waals surface area (Å²) < 4.78 is 0.775. The lowest BCUT2D eigenvalue weighted by molar-refractivity contribution is -0.384. The Hall–Kier alpha value is -4.08. The maximum Gasteiger partial charge on any atom is 0.270 e. The van der Waals surface area contributed by atoms with Crippen LogP contribution < -0.4 is 10.8 Å². The zero-order valence-corrected chi connectivity index (χ0v) is 17.3. The zero-order valence-electron chi connectivity index (χ0n) is 16.5. The van der Waals surface area contributed by atoms with E-state index in [1.807, 2.05) is 6.07 Å². The van der Waals surface area contributed by atoms with E-state index in [-0.39, 0.29) is 11.6 Å². The number of hydrogen-bond acceptors (Lipinski definition) is 6. The van der Waals surface area contributed by atoms with Gasteiger partial charge in [0, 0.05) is 27.9 Å². The average molecular weight is 447 g/mol. The van der Waals surface area contributed by atoms with Gasteiger partial charge >= 0.3 is 0 Å². The molecule has 1 atom stereocenters. The Balaban J connectivity index is 1.54. The number of nitro groups is 1. The molecule has 0 saturated heterocycles. The van der Waals surface area contributed by atoms with Crippen LogP contribution in [0.5, 0.6) is 0 Å². The molecule has 0 saturated carbocycles. The molecule has 9 heteroatoms. The summed E-state index contributed by atoms with van der Waals surface area (Å²) in [5, 5.41) is 23.5. The fourth-order valence-electron chi connectivity index (χ4n) is 3.41. The molecular weight excluding hydrogens is 430 g/mol. The highest BCUT2D eigenvalue weighted by atomic mass is 32.1. The summed E-state index contributed by atoms with van der Waals surface area (Å²) >= 11 is 1.24. The van der Waals surface area contributed by atoms with Crippen molar-refractivity contribution < 1.29 is 19.7 Å². The SMILES string of the molecule is O=C(Nc1ccc(C(C(=O)NO)c2ccccc2)cc1)c1cc2cc([N+](=O)[O-])ccc2s1. The largest absolute Gasteiger partial charge is 0.321 e. The standard InChI is InChI=1S/C23H17N3O5S/c27-22(20-13-16-12-18(26(30)31)10-11-19(16)32-20)24-17-8-6-15(7-9-17)21(23(28)25-29)14-4-2-1-3-5-14/h1-13,21,29H,(H,24,27)(H,25,28). The Bertz CT molecular complexity index is 1300. The number of nitro benzene ring substituents is 1. The summed E-state index contributed by atoms with van der Waals surface area (Å²) in [6.07, 6.45) is 0. The van der Waals surface area contributed by atoms with Gasteiger partial charge < -0.3 is 5.32 Å². The predicted octanol–water partition coefficient (Wildman–Crippen LogP) is 4.70. The number of benzene rings is 3. The van der Waals surface area contributed by atoms with Crippen molar-refractivity contribution >= 4 is 44.6 Å². The first-order chi connectivity index (χ1) is 15.5. The minimum absolute atomic E-state index is 0.0299. The topological polar surface area (TPSA) is 122 Å². The summed E-state index contributed by atoms with van der Waals surface area (Å²) in [6.45, 7) is 0. The molecule has 3 aromatic carbocycles. The van der Waals surface area contributed by atoms with Crippen molar-refractivity contribution in [3.8, 4) is 0 Å². The highest BCUT2D eigenvalue weighted by Crippen LogP contribution is 2.30. The molecule has 1 aromatic heterocycles. The highest BCUT2D eigenvalue weighted by Gasteiger charge is 2.22. The molecule has 32 heavy (non-hydrogen) atoms. The lowest BCUT2D eigenvalue weighted by Gasteiger charge is -2.16. The summed E-state index contributed by atoms with van der Waals surface area (Å²) in [7, 11) is 0. The van der Waals surface area contributed by atoms with Gasteiger partial charge in [-0.25, -0.2) is 5.48 Å². The van der Waals surface area contributed by atoms with Gasteiger partial charge in [0.2, 0.25) is 0 Å². The molecule has 0 aliphatic carbocycles. The van der Waals surface area contributed by atoms with Crippen LogP contribution in [0.1, 0.15) is 26.7 Å². The van der Waals surface area contributed by atoms with Gasteiger partial charge in [-0.3, -0.25) is 24.9 Å². The second-order valence-corrected chi connectivity index (χ2v) is 8.07. The number of thiophene rings is 1. The third-order valence-corrected chi connectivity index (χ3v) is 6.06. The van der Waals surface area contributed by atoms with Crippen molar-refractivity contribution in [1.29, 1.82) is 0 Å². The molecule has 8 nitrogen and oxygen atoms in total. The second-order valence-electron chi connectivity index (χ2n) is 6.99. The van der Waals surface area contributed by atoms with Crippen molar-refractivity contribution in [2.24, 2.45) is 0 Å². The quantitative estimate of drug-likeness (QED) is 0.225. The first kappa shape index (κ1) is 21.2. The number of non-ortho nitro benzene ring substituents is 1. The van der Waals surface area contributed by atoms with Crippen LogP contribution in [-0.2, 0) is 4.79 Å². The summed E-state index contributed by atoms with van der Waals surface area (Å²) in [4.78, 5) is 35.8. The molecule has 0 radical (unpaired) electrons. The van der Waals surface area contributed by atoms with Gasteiger partial charge in [0.1, 0.15) is 0 Å². The van der Waals surface area contributed by atoms with E-state index in [0.717, 1.165) is 10.3 Å². The van der Waals surface area contributed by atoms with Gasteiger partial charge in [0.15, 0.2) is 0 Å². The van der Waals surface area contributed by atoms with E-state index in [9.17, 15) is 19.7 Å². The van der Waals surface area contributed by atoms with E-state index in [2.05, 4.69) is 5.32 Å². The van der Waals surface area contributed by atoms with E-state index < -0.39 is 16.7 Å². The molecule has 0 fully saturated rings. The van der Waals surface area contributed by atoms with Crippen LogP contribution in [0.15, 0.2) is 78.9 Å². The number of amides is 2. The Morgan fingerprint density at radius 3 is 2.28 bits per heavy atom. The van der Waals surface area contributed by atoms with Gasteiger partial charge in [-0.15, -0.1) is 11.3 Å². The van der Waals surface area contributed by atoms with E-state index in [1.165, 1.54) is 23.5 Å². The first-order valence-electron chi connectivity index (χ1n) is 9.54. The number of carbonyl (C=O) groups excluding carboxylic acids is 2. The molecule has 0 bridgehead atoms. The van der Waals surface area contributed by atoms with Crippen LogP contribution in [-0.4, -0.2) is 21.9 Å². The van der Waals surface area contributed by atoms with Gasteiger partial charge in [-0.1, -0.05) is 42.5 Å². The monoisotopic (exact) mass is 447 g/mol. The molecule has 3 N–H and O–H groups in total. The summed E-state index contributed by atoms with van der Waals surface area (Å²) in [5.41, 5.74) is 3.57. The third-order valence-electron chi connectivity index (χ3n) is 4.94. The molecule has 1 unspecified atom stereocenters. The predicted molar refractivity (Wildman–Crippen MR) is 121 cm³/mol. The number of fused-ring (bicyclic) bond motifs is 1. The Morgan fingerprint density at radius 2 is 1.62 bits per heavy atom. The average Bonchev–Trinajstić information content (AvgIpc) is 3.24. The Kier molecular flexibility index (Phi) is 5.93. The number of carbonyl (C=O) groups is 2. The minimum atomic E-state index is -0.704. The number of rotatable bonds is 6. The molecule has 4 rings (SSSR count). The Morgan fingerprint density at radius 1 is 0.938 bits per heavy atom.